The van der Waals surface area contributed by atoms with E-state index in [0.29, 0.717) is 5.02 Å². The fourth-order valence-corrected chi connectivity index (χ4v) is 2.87. The number of aliphatic carboxylic acids is 1. The number of carboxylic acid groups (broad SMARTS) is 1. The number of rotatable bonds is 4. The summed E-state index contributed by atoms with van der Waals surface area (Å²) in [7, 11) is 2.12. The normalized spacial score (nSPS) is 20.4. The number of hydrogen-bond acceptors (Lipinski definition) is 3. The minimum absolute atomic E-state index is 0.0377. The first-order valence-electron chi connectivity index (χ1n) is 6.99. The van der Waals surface area contributed by atoms with Crippen molar-refractivity contribution in [1.29, 1.82) is 0 Å². The van der Waals surface area contributed by atoms with Gasteiger partial charge in [-0.2, -0.15) is 0 Å². The molecule has 0 radical (unpaired) electrons. The Labute approximate surface area is 124 Å². The average Bonchev–Trinajstić information content (AvgIpc) is 2.62. The van der Waals surface area contributed by atoms with Crippen LogP contribution in [-0.2, 0) is 4.79 Å². The summed E-state index contributed by atoms with van der Waals surface area (Å²) in [5, 5.41) is 9.85. The molecule has 0 saturated carbocycles. The summed E-state index contributed by atoms with van der Waals surface area (Å²) in [6.07, 6.45) is 3.12. The average molecular weight is 297 g/mol. The standard InChI is InChI=1S/C15H21ClN2O2/c1-17-9-2-3-13(8-10-17)18(11-15(19)20)14-6-4-12(16)5-7-14/h4-7,13H,2-3,8-11H2,1H3,(H,19,20). The maximum absolute atomic E-state index is 11.2. The minimum Gasteiger partial charge on any atom is -0.480 e. The van der Waals surface area contributed by atoms with E-state index in [0.717, 1.165) is 38.0 Å². The van der Waals surface area contributed by atoms with E-state index in [2.05, 4.69) is 11.9 Å². The first kappa shape index (κ1) is 15.1. The lowest BCUT2D eigenvalue weighted by molar-refractivity contribution is -0.135. The number of carbonyl (C=O) groups is 1. The molecule has 1 aromatic rings. The maximum Gasteiger partial charge on any atom is 0.323 e. The highest BCUT2D eigenvalue weighted by atomic mass is 35.5. The van der Waals surface area contributed by atoms with E-state index in [1.54, 1.807) is 0 Å². The summed E-state index contributed by atoms with van der Waals surface area (Å²) < 4.78 is 0. The molecule has 110 valence electrons. The zero-order valence-corrected chi connectivity index (χ0v) is 12.5. The van der Waals surface area contributed by atoms with Gasteiger partial charge in [0, 0.05) is 16.8 Å². The summed E-state index contributed by atoms with van der Waals surface area (Å²) in [6.45, 7) is 2.13. The molecule has 1 unspecified atom stereocenters. The Morgan fingerprint density at radius 3 is 2.70 bits per heavy atom. The van der Waals surface area contributed by atoms with Crippen molar-refractivity contribution in [2.75, 3.05) is 31.6 Å². The van der Waals surface area contributed by atoms with E-state index in [9.17, 15) is 9.90 Å². The van der Waals surface area contributed by atoms with Gasteiger partial charge >= 0.3 is 5.97 Å². The highest BCUT2D eigenvalue weighted by Gasteiger charge is 2.23. The molecular formula is C15H21ClN2O2. The zero-order chi connectivity index (χ0) is 14.5. The third-order valence-corrected chi connectivity index (χ3v) is 4.08. The number of likely N-dealkylation sites (tertiary alicyclic amines) is 1. The van der Waals surface area contributed by atoms with Crippen LogP contribution in [0.4, 0.5) is 5.69 Å². The van der Waals surface area contributed by atoms with E-state index in [4.69, 9.17) is 11.6 Å². The van der Waals surface area contributed by atoms with Crippen LogP contribution in [0, 0.1) is 0 Å². The molecule has 1 saturated heterocycles. The molecule has 0 spiro atoms. The van der Waals surface area contributed by atoms with Crippen LogP contribution >= 0.6 is 11.6 Å². The van der Waals surface area contributed by atoms with Gasteiger partial charge in [-0.15, -0.1) is 0 Å². The molecule has 5 heteroatoms. The molecule has 20 heavy (non-hydrogen) atoms. The maximum atomic E-state index is 11.2. The molecule has 1 heterocycles. The van der Waals surface area contributed by atoms with E-state index < -0.39 is 5.97 Å². The summed E-state index contributed by atoms with van der Waals surface area (Å²) in [5.74, 6) is -0.794. The minimum atomic E-state index is -0.794. The number of carboxylic acids is 1. The first-order valence-corrected chi connectivity index (χ1v) is 7.36. The number of hydrogen-bond donors (Lipinski definition) is 1. The Bertz CT molecular complexity index is 450. The van der Waals surface area contributed by atoms with Crippen LogP contribution < -0.4 is 4.90 Å². The van der Waals surface area contributed by atoms with Crippen molar-refractivity contribution in [2.45, 2.75) is 25.3 Å². The first-order chi connectivity index (χ1) is 9.56. The van der Waals surface area contributed by atoms with Crippen molar-refractivity contribution in [3.05, 3.63) is 29.3 Å². The number of nitrogens with zero attached hydrogens (tertiary/aromatic N) is 2. The summed E-state index contributed by atoms with van der Waals surface area (Å²) >= 11 is 5.91. The highest BCUT2D eigenvalue weighted by molar-refractivity contribution is 6.30. The molecule has 2 rings (SSSR count). The van der Waals surface area contributed by atoms with Gasteiger partial charge in [0.05, 0.1) is 0 Å². The van der Waals surface area contributed by atoms with E-state index in [1.165, 1.54) is 0 Å². The van der Waals surface area contributed by atoms with E-state index >= 15 is 0 Å². The smallest absolute Gasteiger partial charge is 0.323 e. The summed E-state index contributed by atoms with van der Waals surface area (Å²) in [4.78, 5) is 15.5. The SMILES string of the molecule is CN1CCCC(N(CC(=O)O)c2ccc(Cl)cc2)CC1. The molecule has 1 aliphatic heterocycles. The van der Waals surface area contributed by atoms with Crippen molar-refractivity contribution in [3.63, 3.8) is 0 Å². The molecule has 1 aromatic carbocycles. The predicted molar refractivity (Wildman–Crippen MR) is 81.6 cm³/mol. The lowest BCUT2D eigenvalue weighted by Gasteiger charge is -2.32. The third kappa shape index (κ3) is 4.12. The van der Waals surface area contributed by atoms with Crippen LogP contribution in [0.5, 0.6) is 0 Å². The van der Waals surface area contributed by atoms with Gasteiger partial charge in [-0.05, 0) is 63.7 Å². The van der Waals surface area contributed by atoms with Gasteiger partial charge < -0.3 is 14.9 Å². The Morgan fingerprint density at radius 2 is 2.05 bits per heavy atom. The second kappa shape index (κ2) is 6.95. The van der Waals surface area contributed by atoms with E-state index in [1.807, 2.05) is 29.2 Å². The van der Waals surface area contributed by atoms with Crippen molar-refractivity contribution in [3.8, 4) is 0 Å². The van der Waals surface area contributed by atoms with Crippen LogP contribution in [0.1, 0.15) is 19.3 Å². The molecule has 0 aromatic heterocycles. The molecule has 1 aliphatic rings. The molecule has 1 fully saturated rings. The van der Waals surface area contributed by atoms with Gasteiger partial charge in [-0.25, -0.2) is 0 Å². The Balaban J connectivity index is 2.17. The molecule has 1 N–H and O–H groups in total. The van der Waals surface area contributed by atoms with Crippen LogP contribution in [0.3, 0.4) is 0 Å². The Kier molecular flexibility index (Phi) is 5.26. The van der Waals surface area contributed by atoms with Gasteiger partial charge in [0.15, 0.2) is 0 Å². The van der Waals surface area contributed by atoms with Crippen LogP contribution in [0.2, 0.25) is 5.02 Å². The molecule has 0 amide bonds. The number of anilines is 1. The van der Waals surface area contributed by atoms with Gasteiger partial charge in [-0.3, -0.25) is 4.79 Å². The zero-order valence-electron chi connectivity index (χ0n) is 11.8. The van der Waals surface area contributed by atoms with Crippen molar-refractivity contribution >= 4 is 23.3 Å². The molecule has 4 nitrogen and oxygen atoms in total. The largest absolute Gasteiger partial charge is 0.480 e. The second-order valence-electron chi connectivity index (χ2n) is 5.39. The summed E-state index contributed by atoms with van der Waals surface area (Å²) in [5.41, 5.74) is 0.936. The van der Waals surface area contributed by atoms with Crippen LogP contribution in [0.25, 0.3) is 0 Å². The third-order valence-electron chi connectivity index (χ3n) is 3.83. The highest BCUT2D eigenvalue weighted by Crippen LogP contribution is 2.24. The second-order valence-corrected chi connectivity index (χ2v) is 5.82. The van der Waals surface area contributed by atoms with Gasteiger partial charge in [-0.1, -0.05) is 11.6 Å². The predicted octanol–water partition coefficient (Wildman–Crippen LogP) is 2.72. The van der Waals surface area contributed by atoms with E-state index in [-0.39, 0.29) is 12.6 Å². The molecule has 1 atom stereocenters. The molecule has 0 bridgehead atoms. The number of benzene rings is 1. The lowest BCUT2D eigenvalue weighted by atomic mass is 10.1. The lowest BCUT2D eigenvalue weighted by Crippen LogP contribution is -2.39. The summed E-state index contributed by atoms with van der Waals surface area (Å²) in [6, 6.07) is 7.71. The monoisotopic (exact) mass is 296 g/mol. The Hall–Kier alpha value is -1.26. The van der Waals surface area contributed by atoms with Gasteiger partial charge in [0.2, 0.25) is 0 Å². The van der Waals surface area contributed by atoms with Crippen molar-refractivity contribution < 1.29 is 9.90 Å². The fourth-order valence-electron chi connectivity index (χ4n) is 2.74. The topological polar surface area (TPSA) is 43.8 Å². The quantitative estimate of drug-likeness (QED) is 0.928. The molecular weight excluding hydrogens is 276 g/mol. The van der Waals surface area contributed by atoms with Gasteiger partial charge in [0.25, 0.3) is 0 Å². The van der Waals surface area contributed by atoms with Crippen LogP contribution in [0.15, 0.2) is 24.3 Å². The van der Waals surface area contributed by atoms with Crippen molar-refractivity contribution in [1.82, 2.24) is 4.90 Å². The molecule has 0 aliphatic carbocycles. The fraction of sp³-hybridized carbons (Fsp3) is 0.533. The van der Waals surface area contributed by atoms with Gasteiger partial charge in [0.1, 0.15) is 6.54 Å². The van der Waals surface area contributed by atoms with Crippen molar-refractivity contribution in [2.24, 2.45) is 0 Å². The van der Waals surface area contributed by atoms with Crippen LogP contribution in [-0.4, -0.2) is 48.7 Å². The Morgan fingerprint density at radius 1 is 1.35 bits per heavy atom. The number of halogens is 1.